The molecule has 1 heterocycles. The lowest BCUT2D eigenvalue weighted by atomic mass is 9.64. The third-order valence-electron chi connectivity index (χ3n) is 8.42. The number of carbonyl (C=O) groups is 1. The van der Waals surface area contributed by atoms with Crippen LogP contribution in [0.1, 0.15) is 50.5 Å². The summed E-state index contributed by atoms with van der Waals surface area (Å²) in [4.78, 5) is 15.3. The molecule has 3 fully saturated rings. The van der Waals surface area contributed by atoms with Crippen LogP contribution in [0.3, 0.4) is 0 Å². The second-order valence-corrected chi connectivity index (χ2v) is 10.1. The summed E-state index contributed by atoms with van der Waals surface area (Å²) in [5.41, 5.74) is 0.772. The standard InChI is InChI=1S/C27H32F3N3O3/c1-35-21-9-6-16(14-22(21)36-2)27-11-10-17(15-23(27)33(13-12-27)18-4-3-5-18)31-26(34)32-20-8-7-19(28)24(29)25(20)30/h6-9,14,17-18,23H,3-5,10-13,15H2,1-2H3,(H2,31,32,34)/t17-,23+,27+/m1/s1. The lowest BCUT2D eigenvalue weighted by molar-refractivity contribution is 0.0646. The number of halogens is 3. The summed E-state index contributed by atoms with van der Waals surface area (Å²) in [5.74, 6) is -2.91. The molecule has 2 N–H and O–H groups in total. The average molecular weight is 504 g/mol. The highest BCUT2D eigenvalue weighted by Crippen LogP contribution is 2.52. The van der Waals surface area contributed by atoms with Crippen LogP contribution in [-0.4, -0.2) is 49.8 Å². The Bertz CT molecular complexity index is 1140. The van der Waals surface area contributed by atoms with E-state index in [4.69, 9.17) is 9.47 Å². The molecular weight excluding hydrogens is 471 g/mol. The Kier molecular flexibility index (Phi) is 6.76. The van der Waals surface area contributed by atoms with Crippen LogP contribution in [0.4, 0.5) is 23.7 Å². The van der Waals surface area contributed by atoms with Gasteiger partial charge in [0.1, 0.15) is 0 Å². The normalized spacial score (nSPS) is 26.1. The molecule has 3 atom stereocenters. The monoisotopic (exact) mass is 503 g/mol. The first-order chi connectivity index (χ1) is 17.4. The smallest absolute Gasteiger partial charge is 0.319 e. The number of anilines is 1. The number of hydrogen-bond donors (Lipinski definition) is 2. The molecule has 3 aliphatic rings. The van der Waals surface area contributed by atoms with Crippen molar-refractivity contribution >= 4 is 11.7 Å². The van der Waals surface area contributed by atoms with Gasteiger partial charge < -0.3 is 20.1 Å². The van der Waals surface area contributed by atoms with Gasteiger partial charge in [-0.3, -0.25) is 4.90 Å². The van der Waals surface area contributed by atoms with Crippen LogP contribution < -0.4 is 20.1 Å². The van der Waals surface area contributed by atoms with Crippen molar-refractivity contribution in [2.75, 3.05) is 26.1 Å². The maximum atomic E-state index is 14.0. The molecule has 1 aliphatic heterocycles. The van der Waals surface area contributed by atoms with Gasteiger partial charge in [0.25, 0.3) is 0 Å². The molecule has 6 nitrogen and oxygen atoms in total. The Morgan fingerprint density at radius 3 is 2.47 bits per heavy atom. The van der Waals surface area contributed by atoms with Crippen molar-refractivity contribution in [2.24, 2.45) is 0 Å². The van der Waals surface area contributed by atoms with Gasteiger partial charge in [-0.15, -0.1) is 0 Å². The van der Waals surface area contributed by atoms with Crippen molar-refractivity contribution in [3.05, 3.63) is 53.3 Å². The van der Waals surface area contributed by atoms with Crippen LogP contribution in [-0.2, 0) is 5.41 Å². The van der Waals surface area contributed by atoms with Crippen LogP contribution >= 0.6 is 0 Å². The lowest BCUT2D eigenvalue weighted by Gasteiger charge is -2.48. The van der Waals surface area contributed by atoms with Crippen LogP contribution in [0, 0.1) is 17.5 Å². The number of fused-ring (bicyclic) bond motifs is 1. The number of likely N-dealkylation sites (tertiary alicyclic amines) is 1. The molecule has 0 bridgehead atoms. The molecule has 2 amide bonds. The van der Waals surface area contributed by atoms with Crippen LogP contribution in [0.15, 0.2) is 30.3 Å². The van der Waals surface area contributed by atoms with Gasteiger partial charge in [0.05, 0.1) is 19.9 Å². The molecule has 2 aliphatic carbocycles. The van der Waals surface area contributed by atoms with E-state index in [1.54, 1.807) is 14.2 Å². The minimum Gasteiger partial charge on any atom is -0.493 e. The molecule has 5 rings (SSSR count). The van der Waals surface area contributed by atoms with Gasteiger partial charge in [0.2, 0.25) is 0 Å². The first-order valence-corrected chi connectivity index (χ1v) is 12.6. The maximum Gasteiger partial charge on any atom is 0.319 e. The molecule has 0 unspecified atom stereocenters. The van der Waals surface area contributed by atoms with E-state index in [-0.39, 0.29) is 23.2 Å². The van der Waals surface area contributed by atoms with Gasteiger partial charge in [0, 0.05) is 23.5 Å². The summed E-state index contributed by atoms with van der Waals surface area (Å²) in [6, 6.07) is 8.02. The summed E-state index contributed by atoms with van der Waals surface area (Å²) in [6.07, 6.45) is 7.01. The van der Waals surface area contributed by atoms with Gasteiger partial charge in [-0.1, -0.05) is 12.5 Å². The zero-order valence-electron chi connectivity index (χ0n) is 20.6. The lowest BCUT2D eigenvalue weighted by Crippen LogP contribution is -2.55. The van der Waals surface area contributed by atoms with Gasteiger partial charge in [-0.2, -0.15) is 0 Å². The number of hydrogen-bond acceptors (Lipinski definition) is 4. The molecule has 1 saturated heterocycles. The Morgan fingerprint density at radius 2 is 1.78 bits per heavy atom. The van der Waals surface area contributed by atoms with E-state index in [0.717, 1.165) is 44.4 Å². The number of urea groups is 1. The van der Waals surface area contributed by atoms with Crippen molar-refractivity contribution in [3.8, 4) is 11.5 Å². The summed E-state index contributed by atoms with van der Waals surface area (Å²) >= 11 is 0. The number of benzene rings is 2. The second-order valence-electron chi connectivity index (χ2n) is 10.1. The number of rotatable bonds is 6. The topological polar surface area (TPSA) is 62.8 Å². The summed E-state index contributed by atoms with van der Waals surface area (Å²) in [5, 5.41) is 5.28. The molecule has 0 spiro atoms. The molecule has 2 aromatic rings. The van der Waals surface area contributed by atoms with Crippen molar-refractivity contribution < 1.29 is 27.4 Å². The molecule has 0 radical (unpaired) electrons. The van der Waals surface area contributed by atoms with Crippen molar-refractivity contribution in [1.29, 1.82) is 0 Å². The quantitative estimate of drug-likeness (QED) is 0.521. The molecule has 36 heavy (non-hydrogen) atoms. The number of ether oxygens (including phenoxy) is 2. The van der Waals surface area contributed by atoms with Crippen molar-refractivity contribution in [2.45, 2.75) is 68.5 Å². The van der Waals surface area contributed by atoms with E-state index >= 15 is 0 Å². The predicted molar refractivity (Wildman–Crippen MR) is 130 cm³/mol. The second kappa shape index (κ2) is 9.84. The molecule has 194 valence electrons. The fourth-order valence-electron chi connectivity index (χ4n) is 6.32. The molecule has 0 aromatic heterocycles. The summed E-state index contributed by atoms with van der Waals surface area (Å²) in [6.45, 7) is 1.00. The zero-order chi connectivity index (χ0) is 25.4. The Morgan fingerprint density at radius 1 is 1.00 bits per heavy atom. The van der Waals surface area contributed by atoms with Gasteiger partial charge in [0.15, 0.2) is 29.0 Å². The fourth-order valence-corrected chi connectivity index (χ4v) is 6.32. The van der Waals surface area contributed by atoms with E-state index in [1.165, 1.54) is 24.8 Å². The van der Waals surface area contributed by atoms with Crippen molar-refractivity contribution in [3.63, 3.8) is 0 Å². The number of amides is 2. The minimum atomic E-state index is -1.60. The van der Waals surface area contributed by atoms with E-state index < -0.39 is 23.5 Å². The molecule has 2 aromatic carbocycles. The Labute approximate surface area is 209 Å². The SMILES string of the molecule is COc1ccc([C@@]23CC[C@@H](NC(=O)Nc4ccc(F)c(F)c4F)C[C@@H]2N(C2CCC2)CC3)cc1OC. The molecular formula is C27H32F3N3O3. The third-order valence-corrected chi connectivity index (χ3v) is 8.42. The minimum absolute atomic E-state index is 0.0595. The molecule has 9 heteroatoms. The fraction of sp³-hybridized carbons (Fsp3) is 0.519. The Balaban J connectivity index is 1.35. The third kappa shape index (κ3) is 4.27. The highest BCUT2D eigenvalue weighted by Gasteiger charge is 2.53. The largest absolute Gasteiger partial charge is 0.493 e. The average Bonchev–Trinajstić information content (AvgIpc) is 3.22. The number of carbonyl (C=O) groups excluding carboxylic acids is 1. The number of methoxy groups -OCH3 is 2. The predicted octanol–water partition coefficient (Wildman–Crippen LogP) is 5.36. The Hall–Kier alpha value is -2.94. The highest BCUT2D eigenvalue weighted by atomic mass is 19.2. The van der Waals surface area contributed by atoms with E-state index in [9.17, 15) is 18.0 Å². The van der Waals surface area contributed by atoms with Crippen LogP contribution in [0.25, 0.3) is 0 Å². The van der Waals surface area contributed by atoms with Gasteiger partial charge in [-0.25, -0.2) is 18.0 Å². The van der Waals surface area contributed by atoms with E-state index in [1.807, 2.05) is 6.07 Å². The van der Waals surface area contributed by atoms with Gasteiger partial charge in [-0.05, 0) is 74.9 Å². The van der Waals surface area contributed by atoms with E-state index in [0.29, 0.717) is 17.5 Å². The van der Waals surface area contributed by atoms with Crippen LogP contribution in [0.5, 0.6) is 11.5 Å². The van der Waals surface area contributed by atoms with Crippen LogP contribution in [0.2, 0.25) is 0 Å². The highest BCUT2D eigenvalue weighted by molar-refractivity contribution is 5.89. The number of nitrogens with zero attached hydrogens (tertiary/aromatic N) is 1. The molecule has 2 saturated carbocycles. The van der Waals surface area contributed by atoms with E-state index in [2.05, 4.69) is 27.7 Å². The summed E-state index contributed by atoms with van der Waals surface area (Å²) < 4.78 is 51.9. The number of nitrogens with one attached hydrogen (secondary N) is 2. The maximum absolute atomic E-state index is 14.0. The first-order valence-electron chi connectivity index (χ1n) is 12.6. The van der Waals surface area contributed by atoms with Crippen molar-refractivity contribution in [1.82, 2.24) is 10.2 Å². The first kappa shape index (κ1) is 24.7. The van der Waals surface area contributed by atoms with Gasteiger partial charge >= 0.3 is 6.03 Å². The summed E-state index contributed by atoms with van der Waals surface area (Å²) in [7, 11) is 3.27. The zero-order valence-corrected chi connectivity index (χ0v) is 20.6.